The van der Waals surface area contributed by atoms with Gasteiger partial charge in [0.2, 0.25) is 0 Å². The van der Waals surface area contributed by atoms with Crippen LogP contribution in [-0.2, 0) is 6.42 Å². The molecule has 0 atom stereocenters. The number of likely N-dealkylation sites (tertiary alicyclic amines) is 1. The Hall–Kier alpha value is -2.73. The number of piperidine rings is 1. The van der Waals surface area contributed by atoms with E-state index in [2.05, 4.69) is 36.2 Å². The summed E-state index contributed by atoms with van der Waals surface area (Å²) in [5, 5.41) is 10.9. The Morgan fingerprint density at radius 3 is 2.46 bits per heavy atom. The highest BCUT2D eigenvalue weighted by Gasteiger charge is 2.26. The first kappa shape index (κ1) is 20.0. The summed E-state index contributed by atoms with van der Waals surface area (Å²) in [5.74, 6) is -0.0298. The molecule has 1 fully saturated rings. The second kappa shape index (κ2) is 8.97. The number of carbonyl (C=O) groups excluding carboxylic acids is 1. The van der Waals surface area contributed by atoms with E-state index in [0.29, 0.717) is 17.2 Å². The molecule has 0 bridgehead atoms. The molecular weight excluding hydrogens is 354 g/mol. The fraction of sp³-hybridized carbons (Fsp3) is 0.409. The van der Waals surface area contributed by atoms with Gasteiger partial charge in [0.25, 0.3) is 11.6 Å². The maximum Gasteiger partial charge on any atom is 0.269 e. The van der Waals surface area contributed by atoms with Crippen LogP contribution < -0.4 is 0 Å². The van der Waals surface area contributed by atoms with E-state index < -0.39 is 4.92 Å². The van der Waals surface area contributed by atoms with E-state index in [1.807, 2.05) is 11.0 Å². The van der Waals surface area contributed by atoms with E-state index in [9.17, 15) is 14.9 Å². The van der Waals surface area contributed by atoms with Gasteiger partial charge in [-0.3, -0.25) is 14.9 Å². The summed E-state index contributed by atoms with van der Waals surface area (Å²) < 4.78 is 0. The molecule has 6 nitrogen and oxygen atoms in total. The first-order valence-corrected chi connectivity index (χ1v) is 9.74. The molecule has 3 rings (SSSR count). The number of nitro groups is 1. The molecule has 1 heterocycles. The SMILES string of the molecule is Cc1cc([N+](=O)[O-])ccc1C(=O)N1CCC(N(C)CCc2ccccc2)CC1. The minimum absolute atomic E-state index is 0.0211. The van der Waals surface area contributed by atoms with Crippen LogP contribution in [0.2, 0.25) is 0 Å². The Kier molecular flexibility index (Phi) is 6.41. The molecule has 148 valence electrons. The van der Waals surface area contributed by atoms with Crippen molar-refractivity contribution >= 4 is 11.6 Å². The average molecular weight is 381 g/mol. The lowest BCUT2D eigenvalue weighted by Gasteiger charge is -2.37. The van der Waals surface area contributed by atoms with Gasteiger partial charge in [-0.05, 0) is 50.4 Å². The number of hydrogen-bond donors (Lipinski definition) is 0. The van der Waals surface area contributed by atoms with E-state index in [4.69, 9.17) is 0 Å². The normalized spacial score (nSPS) is 15.0. The van der Waals surface area contributed by atoms with Crippen molar-refractivity contribution in [1.82, 2.24) is 9.80 Å². The van der Waals surface area contributed by atoms with E-state index in [1.165, 1.54) is 17.7 Å². The van der Waals surface area contributed by atoms with Gasteiger partial charge in [0.1, 0.15) is 0 Å². The fourth-order valence-electron chi connectivity index (χ4n) is 3.81. The zero-order valence-corrected chi connectivity index (χ0v) is 16.5. The predicted molar refractivity (Wildman–Crippen MR) is 110 cm³/mol. The smallest absolute Gasteiger partial charge is 0.269 e. The topological polar surface area (TPSA) is 66.7 Å². The van der Waals surface area contributed by atoms with Crippen molar-refractivity contribution in [2.24, 2.45) is 0 Å². The highest BCUT2D eigenvalue weighted by atomic mass is 16.6. The largest absolute Gasteiger partial charge is 0.339 e. The molecule has 0 spiro atoms. The number of aryl methyl sites for hydroxylation is 1. The molecule has 0 aliphatic carbocycles. The molecule has 6 heteroatoms. The van der Waals surface area contributed by atoms with Gasteiger partial charge in [0.05, 0.1) is 4.92 Å². The number of hydrogen-bond acceptors (Lipinski definition) is 4. The lowest BCUT2D eigenvalue weighted by molar-refractivity contribution is -0.384. The second-order valence-corrected chi connectivity index (χ2v) is 7.50. The number of amides is 1. The van der Waals surface area contributed by atoms with Crippen LogP contribution in [0.4, 0.5) is 5.69 Å². The molecule has 1 amide bonds. The van der Waals surface area contributed by atoms with Gasteiger partial charge in [-0.15, -0.1) is 0 Å². The van der Waals surface area contributed by atoms with Crippen LogP contribution in [0.3, 0.4) is 0 Å². The third-order valence-corrected chi connectivity index (χ3v) is 5.62. The molecule has 28 heavy (non-hydrogen) atoms. The summed E-state index contributed by atoms with van der Waals surface area (Å²) in [6.07, 6.45) is 2.92. The third-order valence-electron chi connectivity index (χ3n) is 5.62. The molecule has 1 saturated heterocycles. The Morgan fingerprint density at radius 1 is 1.18 bits per heavy atom. The van der Waals surface area contributed by atoms with Crippen molar-refractivity contribution in [3.8, 4) is 0 Å². The second-order valence-electron chi connectivity index (χ2n) is 7.50. The van der Waals surface area contributed by atoms with Gasteiger partial charge in [0.15, 0.2) is 0 Å². The number of nitrogens with zero attached hydrogens (tertiary/aromatic N) is 3. The first-order valence-electron chi connectivity index (χ1n) is 9.74. The predicted octanol–water partition coefficient (Wildman–Crippen LogP) is 3.68. The average Bonchev–Trinajstić information content (AvgIpc) is 2.72. The van der Waals surface area contributed by atoms with Gasteiger partial charge >= 0.3 is 0 Å². The minimum atomic E-state index is -0.433. The lowest BCUT2D eigenvalue weighted by Crippen LogP contribution is -2.46. The molecular formula is C22H27N3O3. The van der Waals surface area contributed by atoms with Crippen molar-refractivity contribution < 1.29 is 9.72 Å². The quantitative estimate of drug-likeness (QED) is 0.565. The number of non-ortho nitro benzene ring substituents is 1. The van der Waals surface area contributed by atoms with Crippen LogP contribution in [0.25, 0.3) is 0 Å². The van der Waals surface area contributed by atoms with Crippen LogP contribution in [0.5, 0.6) is 0 Å². The molecule has 0 saturated carbocycles. The zero-order valence-electron chi connectivity index (χ0n) is 16.5. The number of likely N-dealkylation sites (N-methyl/N-ethyl adjacent to an activating group) is 1. The van der Waals surface area contributed by atoms with E-state index in [0.717, 1.165) is 38.9 Å². The van der Waals surface area contributed by atoms with Crippen LogP contribution in [-0.4, -0.2) is 53.4 Å². The van der Waals surface area contributed by atoms with Crippen molar-refractivity contribution in [2.75, 3.05) is 26.7 Å². The summed E-state index contributed by atoms with van der Waals surface area (Å²) in [4.78, 5) is 27.5. The summed E-state index contributed by atoms with van der Waals surface area (Å²) in [6, 6.07) is 15.4. The number of carbonyl (C=O) groups is 1. The van der Waals surface area contributed by atoms with Gasteiger partial charge < -0.3 is 9.80 Å². The maximum atomic E-state index is 12.8. The maximum absolute atomic E-state index is 12.8. The molecule has 0 aromatic heterocycles. The van der Waals surface area contributed by atoms with Crippen LogP contribution >= 0.6 is 0 Å². The summed E-state index contributed by atoms with van der Waals surface area (Å²) in [5.41, 5.74) is 2.58. The summed E-state index contributed by atoms with van der Waals surface area (Å²) in [6.45, 7) is 4.19. The lowest BCUT2D eigenvalue weighted by atomic mass is 10.0. The Bertz CT molecular complexity index is 830. The summed E-state index contributed by atoms with van der Waals surface area (Å²) >= 11 is 0. The van der Waals surface area contributed by atoms with Crippen LogP contribution in [0, 0.1) is 17.0 Å². The molecule has 2 aromatic carbocycles. The zero-order chi connectivity index (χ0) is 20.1. The number of nitro benzene ring substituents is 1. The van der Waals surface area contributed by atoms with Crippen molar-refractivity contribution in [3.63, 3.8) is 0 Å². The van der Waals surface area contributed by atoms with E-state index >= 15 is 0 Å². The highest BCUT2D eigenvalue weighted by Crippen LogP contribution is 2.22. The standard InChI is InChI=1S/C22H27N3O3/c1-17-16-20(25(27)28)8-9-21(17)22(26)24-14-11-19(12-15-24)23(2)13-10-18-6-4-3-5-7-18/h3-9,16,19H,10-15H2,1-2H3. The van der Waals surface area contributed by atoms with Crippen molar-refractivity contribution in [2.45, 2.75) is 32.2 Å². The van der Waals surface area contributed by atoms with Crippen LogP contribution in [0.1, 0.15) is 34.3 Å². The Labute approximate surface area is 165 Å². The number of benzene rings is 2. The fourth-order valence-corrected chi connectivity index (χ4v) is 3.81. The first-order chi connectivity index (χ1) is 13.5. The molecule has 1 aliphatic heterocycles. The van der Waals surface area contributed by atoms with Crippen molar-refractivity contribution in [3.05, 3.63) is 75.3 Å². The Morgan fingerprint density at radius 2 is 1.86 bits per heavy atom. The Balaban J connectivity index is 1.53. The van der Waals surface area contributed by atoms with Gasteiger partial charge in [-0.1, -0.05) is 30.3 Å². The summed E-state index contributed by atoms with van der Waals surface area (Å²) in [7, 11) is 2.16. The molecule has 0 N–H and O–H groups in total. The van der Waals surface area contributed by atoms with Gasteiger partial charge in [-0.25, -0.2) is 0 Å². The van der Waals surface area contributed by atoms with Gasteiger partial charge in [-0.2, -0.15) is 0 Å². The molecule has 0 unspecified atom stereocenters. The highest BCUT2D eigenvalue weighted by molar-refractivity contribution is 5.96. The molecule has 2 aromatic rings. The number of rotatable bonds is 6. The molecule has 1 aliphatic rings. The molecule has 0 radical (unpaired) electrons. The van der Waals surface area contributed by atoms with Crippen molar-refractivity contribution in [1.29, 1.82) is 0 Å². The minimum Gasteiger partial charge on any atom is -0.339 e. The monoisotopic (exact) mass is 381 g/mol. The van der Waals surface area contributed by atoms with Crippen LogP contribution in [0.15, 0.2) is 48.5 Å². The third kappa shape index (κ3) is 4.75. The van der Waals surface area contributed by atoms with E-state index in [-0.39, 0.29) is 11.6 Å². The van der Waals surface area contributed by atoms with E-state index in [1.54, 1.807) is 13.0 Å². The van der Waals surface area contributed by atoms with Gasteiger partial charge in [0, 0.05) is 43.4 Å².